The molecule has 1 aliphatic heterocycles. The third-order valence-corrected chi connectivity index (χ3v) is 4.87. The second-order valence-corrected chi connectivity index (χ2v) is 6.95. The van der Waals surface area contributed by atoms with Crippen LogP contribution < -0.4 is 15.2 Å². The number of morpholine rings is 1. The first-order valence-corrected chi connectivity index (χ1v) is 9.54. The average Bonchev–Trinajstić information content (AvgIpc) is 3.22. The first kappa shape index (κ1) is 18.5. The molecule has 0 saturated carbocycles. The van der Waals surface area contributed by atoms with E-state index in [9.17, 15) is 4.79 Å². The van der Waals surface area contributed by atoms with Gasteiger partial charge in [-0.1, -0.05) is 11.6 Å². The fourth-order valence-electron chi connectivity index (χ4n) is 3.11. The SMILES string of the molecule is O=C(NCc1ccc(-c2ccc(Cl)cc2)o1)c1cc(N2CCOCC2)cc[nH+]1. The maximum atomic E-state index is 12.5. The maximum Gasteiger partial charge on any atom is 0.316 e. The minimum absolute atomic E-state index is 0.181. The zero-order valence-corrected chi connectivity index (χ0v) is 16.0. The summed E-state index contributed by atoms with van der Waals surface area (Å²) in [6.45, 7) is 3.36. The number of rotatable bonds is 5. The number of nitrogens with one attached hydrogen (secondary N) is 2. The van der Waals surface area contributed by atoms with E-state index in [1.165, 1.54) is 0 Å². The molecule has 3 aromatic rings. The van der Waals surface area contributed by atoms with Gasteiger partial charge >= 0.3 is 5.91 Å². The number of furan rings is 1. The number of aromatic nitrogens is 1. The summed E-state index contributed by atoms with van der Waals surface area (Å²) in [5, 5.41) is 3.57. The minimum Gasteiger partial charge on any atom is -0.459 e. The number of H-pyrrole nitrogens is 1. The number of nitrogens with zero attached hydrogens (tertiary/aromatic N) is 1. The van der Waals surface area contributed by atoms with Crippen molar-refractivity contribution in [3.8, 4) is 11.3 Å². The lowest BCUT2D eigenvalue weighted by atomic mass is 10.2. The van der Waals surface area contributed by atoms with E-state index in [0.29, 0.717) is 36.2 Å². The number of halogens is 1. The molecule has 1 aromatic carbocycles. The van der Waals surface area contributed by atoms with E-state index < -0.39 is 0 Å². The van der Waals surface area contributed by atoms with Crippen molar-refractivity contribution < 1.29 is 18.9 Å². The molecule has 6 nitrogen and oxygen atoms in total. The van der Waals surface area contributed by atoms with Crippen LogP contribution in [-0.4, -0.2) is 32.2 Å². The molecule has 1 aliphatic rings. The van der Waals surface area contributed by atoms with Crippen LogP contribution in [0.5, 0.6) is 0 Å². The Hall–Kier alpha value is -2.83. The van der Waals surface area contributed by atoms with Crippen LogP contribution in [0.2, 0.25) is 5.02 Å². The van der Waals surface area contributed by atoms with Crippen LogP contribution in [-0.2, 0) is 11.3 Å². The maximum absolute atomic E-state index is 12.5. The first-order valence-electron chi connectivity index (χ1n) is 9.16. The Labute approximate surface area is 168 Å². The van der Waals surface area contributed by atoms with Crippen molar-refractivity contribution in [1.29, 1.82) is 0 Å². The topological polar surface area (TPSA) is 68.9 Å². The number of hydrogen-bond acceptors (Lipinski definition) is 4. The number of carbonyl (C=O) groups excluding carboxylic acids is 1. The molecule has 0 unspecified atom stereocenters. The first-order chi connectivity index (χ1) is 13.7. The van der Waals surface area contributed by atoms with Crippen molar-refractivity contribution in [2.75, 3.05) is 31.2 Å². The molecule has 2 N–H and O–H groups in total. The van der Waals surface area contributed by atoms with Gasteiger partial charge in [0.2, 0.25) is 0 Å². The van der Waals surface area contributed by atoms with Crippen molar-refractivity contribution in [3.63, 3.8) is 0 Å². The highest BCUT2D eigenvalue weighted by atomic mass is 35.5. The van der Waals surface area contributed by atoms with Gasteiger partial charge in [0.05, 0.1) is 19.8 Å². The fourth-order valence-corrected chi connectivity index (χ4v) is 3.23. The van der Waals surface area contributed by atoms with Crippen molar-refractivity contribution in [2.24, 2.45) is 0 Å². The molecule has 2 aromatic heterocycles. The molecule has 0 radical (unpaired) electrons. The number of hydrogen-bond donors (Lipinski definition) is 1. The summed E-state index contributed by atoms with van der Waals surface area (Å²) in [5.74, 6) is 1.24. The number of aromatic amines is 1. The van der Waals surface area contributed by atoms with Gasteiger partial charge < -0.3 is 19.4 Å². The van der Waals surface area contributed by atoms with E-state index in [2.05, 4.69) is 15.2 Å². The van der Waals surface area contributed by atoms with Crippen LogP contribution in [0, 0.1) is 0 Å². The quantitative estimate of drug-likeness (QED) is 0.716. The predicted molar refractivity (Wildman–Crippen MR) is 106 cm³/mol. The molecule has 1 amide bonds. The summed E-state index contributed by atoms with van der Waals surface area (Å²) in [7, 11) is 0. The lowest BCUT2D eigenvalue weighted by Gasteiger charge is -2.28. The molecule has 1 saturated heterocycles. The summed E-state index contributed by atoms with van der Waals surface area (Å²) in [4.78, 5) is 17.7. The third kappa shape index (κ3) is 4.35. The molecule has 0 aliphatic carbocycles. The lowest BCUT2D eigenvalue weighted by Crippen LogP contribution is -2.37. The monoisotopic (exact) mass is 398 g/mol. The van der Waals surface area contributed by atoms with Crippen LogP contribution in [0.25, 0.3) is 11.3 Å². The molecular weight excluding hydrogens is 378 g/mol. The van der Waals surface area contributed by atoms with Crippen molar-refractivity contribution in [2.45, 2.75) is 6.54 Å². The Bertz CT molecular complexity index is 950. The summed E-state index contributed by atoms with van der Waals surface area (Å²) in [6, 6.07) is 15.0. The second kappa shape index (κ2) is 8.46. The van der Waals surface area contributed by atoms with Gasteiger partial charge in [0.1, 0.15) is 11.5 Å². The molecule has 3 heterocycles. The summed E-state index contributed by atoms with van der Waals surface area (Å²) in [6.07, 6.45) is 1.78. The van der Waals surface area contributed by atoms with Crippen molar-refractivity contribution >= 4 is 23.2 Å². The normalized spacial score (nSPS) is 14.1. The van der Waals surface area contributed by atoms with Gasteiger partial charge in [-0.25, -0.2) is 4.98 Å². The fraction of sp³-hybridized carbons (Fsp3) is 0.238. The van der Waals surface area contributed by atoms with Gasteiger partial charge in [0.25, 0.3) is 5.69 Å². The van der Waals surface area contributed by atoms with E-state index in [1.54, 1.807) is 6.20 Å². The van der Waals surface area contributed by atoms with E-state index in [0.717, 1.165) is 30.1 Å². The van der Waals surface area contributed by atoms with Crippen molar-refractivity contribution in [3.05, 3.63) is 71.2 Å². The molecule has 0 spiro atoms. The average molecular weight is 399 g/mol. The molecule has 4 rings (SSSR count). The number of pyridine rings is 1. The highest BCUT2D eigenvalue weighted by molar-refractivity contribution is 6.30. The Morgan fingerprint density at radius 1 is 1.11 bits per heavy atom. The summed E-state index contributed by atoms with van der Waals surface area (Å²) >= 11 is 5.92. The number of amides is 1. The van der Waals surface area contributed by atoms with Crippen LogP contribution in [0.3, 0.4) is 0 Å². The van der Waals surface area contributed by atoms with E-state index in [4.69, 9.17) is 20.8 Å². The Morgan fingerprint density at radius 2 is 1.89 bits per heavy atom. The standard InChI is InChI=1S/C21H20ClN3O3/c22-16-3-1-15(2-4-16)20-6-5-18(28-20)14-24-21(26)19-13-17(7-8-23-19)25-9-11-27-12-10-25/h1-8,13H,9-12,14H2,(H,24,26)/p+1. The van der Waals surface area contributed by atoms with Crippen LogP contribution in [0.4, 0.5) is 5.69 Å². The van der Waals surface area contributed by atoms with Gasteiger partial charge in [-0.15, -0.1) is 0 Å². The molecule has 1 fully saturated rings. The van der Waals surface area contributed by atoms with Gasteiger partial charge in [0.15, 0.2) is 6.20 Å². The summed E-state index contributed by atoms with van der Waals surface area (Å²) < 4.78 is 11.2. The van der Waals surface area contributed by atoms with Crippen molar-refractivity contribution in [1.82, 2.24) is 5.32 Å². The molecule has 0 bridgehead atoms. The van der Waals surface area contributed by atoms with Crippen LogP contribution in [0.1, 0.15) is 16.2 Å². The van der Waals surface area contributed by atoms with E-state index >= 15 is 0 Å². The van der Waals surface area contributed by atoms with E-state index in [1.807, 2.05) is 48.5 Å². The third-order valence-electron chi connectivity index (χ3n) is 4.62. The molecule has 144 valence electrons. The Morgan fingerprint density at radius 3 is 2.68 bits per heavy atom. The van der Waals surface area contributed by atoms with Gasteiger partial charge in [-0.3, -0.25) is 4.79 Å². The minimum atomic E-state index is -0.181. The molecule has 0 atom stereocenters. The van der Waals surface area contributed by atoms with Gasteiger partial charge in [0, 0.05) is 41.5 Å². The Balaban J connectivity index is 1.39. The van der Waals surface area contributed by atoms with Crippen LogP contribution >= 0.6 is 11.6 Å². The number of benzene rings is 1. The smallest absolute Gasteiger partial charge is 0.316 e. The lowest BCUT2D eigenvalue weighted by molar-refractivity contribution is -0.382. The summed E-state index contributed by atoms with van der Waals surface area (Å²) in [5.41, 5.74) is 2.46. The highest BCUT2D eigenvalue weighted by Crippen LogP contribution is 2.23. The highest BCUT2D eigenvalue weighted by Gasteiger charge is 2.18. The Kier molecular flexibility index (Phi) is 5.60. The zero-order chi connectivity index (χ0) is 19.3. The largest absolute Gasteiger partial charge is 0.459 e. The number of anilines is 1. The zero-order valence-electron chi connectivity index (χ0n) is 15.3. The van der Waals surface area contributed by atoms with Gasteiger partial charge in [-0.2, -0.15) is 0 Å². The van der Waals surface area contributed by atoms with Gasteiger partial charge in [-0.05, 0) is 36.4 Å². The number of ether oxygens (including phenoxy) is 1. The predicted octanol–water partition coefficient (Wildman–Crippen LogP) is 3.18. The molecule has 28 heavy (non-hydrogen) atoms. The van der Waals surface area contributed by atoms with Crippen LogP contribution in [0.15, 0.2) is 59.1 Å². The molecule has 7 heteroatoms. The number of carbonyl (C=O) groups is 1. The van der Waals surface area contributed by atoms with E-state index in [-0.39, 0.29) is 5.91 Å². The molecular formula is C21H21ClN3O3+. The second-order valence-electron chi connectivity index (χ2n) is 6.52.